The maximum absolute atomic E-state index is 12.6. The molecule has 0 radical (unpaired) electrons. The Kier molecular flexibility index (Phi) is 11.0. The summed E-state index contributed by atoms with van der Waals surface area (Å²) in [5.74, 6) is -1.21. The molecular weight excluding hydrogens is 410 g/mol. The number of carbonyl (C=O) groups excluding carboxylic acids is 5. The van der Waals surface area contributed by atoms with Gasteiger partial charge in [0.2, 0.25) is 23.6 Å². The number of likely N-dealkylation sites (tertiary alicyclic amines) is 1. The fraction of sp³-hybridized carbons (Fsp3) is 0.792. The van der Waals surface area contributed by atoms with Crippen molar-refractivity contribution in [3.63, 3.8) is 0 Å². The van der Waals surface area contributed by atoms with Crippen molar-refractivity contribution in [1.82, 2.24) is 15.5 Å². The highest BCUT2D eigenvalue weighted by molar-refractivity contribution is 6.03. The number of hydrogen-bond acceptors (Lipinski definition) is 5. The average molecular weight is 456 g/mol. The number of nitrogens with one attached hydrogen (secondary N) is 2. The molecule has 4 amide bonds. The Hall–Kier alpha value is -2.25. The summed E-state index contributed by atoms with van der Waals surface area (Å²) in [7, 11) is 0. The smallest absolute Gasteiger partial charge is 0.243 e. The lowest BCUT2D eigenvalue weighted by molar-refractivity contribution is -0.140. The van der Waals surface area contributed by atoms with E-state index in [1.54, 1.807) is 20.8 Å². The standard InChI is InChI=1S/C24H41N3O5.2H2/c1-14(2)18-13-20(29)27(24(18)32)12-10-8-9-11-19(28)26-21(15(3)4)23(31)25-17(7)22(30)16(5)6;;/h14-18,21H,8-13H2,1-7H3,(H,25,31)(H,26,28);2*1H/t17-,18?,21-;;/m0../s1. The zero-order valence-electron chi connectivity index (χ0n) is 20.7. The van der Waals surface area contributed by atoms with E-state index in [0.717, 1.165) is 0 Å². The molecule has 1 heterocycles. The van der Waals surface area contributed by atoms with Crippen LogP contribution in [0.1, 0.15) is 83.4 Å². The lowest BCUT2D eigenvalue weighted by Gasteiger charge is -2.24. The topological polar surface area (TPSA) is 113 Å². The van der Waals surface area contributed by atoms with Gasteiger partial charge in [0.25, 0.3) is 0 Å². The number of imide groups is 1. The van der Waals surface area contributed by atoms with Crippen LogP contribution in [0.5, 0.6) is 0 Å². The molecule has 0 aromatic rings. The zero-order chi connectivity index (χ0) is 24.6. The summed E-state index contributed by atoms with van der Waals surface area (Å²) in [6.07, 6.45) is 2.50. The highest BCUT2D eigenvalue weighted by atomic mass is 16.2. The second-order valence-corrected chi connectivity index (χ2v) is 9.83. The van der Waals surface area contributed by atoms with Gasteiger partial charge in [-0.3, -0.25) is 28.9 Å². The molecular formula is C24H45N3O5. The van der Waals surface area contributed by atoms with Crippen LogP contribution in [0.4, 0.5) is 0 Å². The normalized spacial score (nSPS) is 18.4. The minimum atomic E-state index is -0.710. The molecule has 1 aliphatic heterocycles. The van der Waals surface area contributed by atoms with Crippen molar-refractivity contribution >= 4 is 29.4 Å². The highest BCUT2D eigenvalue weighted by Gasteiger charge is 2.39. The molecule has 1 aliphatic rings. The second-order valence-electron chi connectivity index (χ2n) is 9.83. The predicted molar refractivity (Wildman–Crippen MR) is 127 cm³/mol. The molecule has 3 atom stereocenters. The van der Waals surface area contributed by atoms with Gasteiger partial charge in [-0.25, -0.2) is 0 Å². The third kappa shape index (κ3) is 8.02. The van der Waals surface area contributed by atoms with Crippen molar-refractivity contribution in [2.45, 2.75) is 92.7 Å². The quantitative estimate of drug-likeness (QED) is 0.327. The van der Waals surface area contributed by atoms with E-state index in [-0.39, 0.29) is 62.4 Å². The summed E-state index contributed by atoms with van der Waals surface area (Å²) in [5, 5.41) is 5.48. The van der Waals surface area contributed by atoms with Crippen molar-refractivity contribution in [1.29, 1.82) is 0 Å². The molecule has 1 fully saturated rings. The van der Waals surface area contributed by atoms with E-state index in [2.05, 4.69) is 10.6 Å². The summed E-state index contributed by atoms with van der Waals surface area (Å²) in [6, 6.07) is -1.32. The molecule has 1 saturated heterocycles. The van der Waals surface area contributed by atoms with Gasteiger partial charge < -0.3 is 10.6 Å². The maximum Gasteiger partial charge on any atom is 0.243 e. The molecule has 0 aliphatic carbocycles. The number of nitrogens with zero attached hydrogens (tertiary/aromatic N) is 1. The Morgan fingerprint density at radius 2 is 1.59 bits per heavy atom. The van der Waals surface area contributed by atoms with Crippen LogP contribution >= 0.6 is 0 Å². The first-order valence-electron chi connectivity index (χ1n) is 11.8. The summed E-state index contributed by atoms with van der Waals surface area (Å²) >= 11 is 0. The predicted octanol–water partition coefficient (Wildman–Crippen LogP) is 2.94. The third-order valence-electron chi connectivity index (χ3n) is 5.99. The van der Waals surface area contributed by atoms with Crippen LogP contribution < -0.4 is 10.6 Å². The molecule has 1 unspecified atom stereocenters. The molecule has 186 valence electrons. The van der Waals surface area contributed by atoms with E-state index in [9.17, 15) is 24.0 Å². The number of ketones is 1. The van der Waals surface area contributed by atoms with Crippen LogP contribution in [0.15, 0.2) is 0 Å². The lowest BCUT2D eigenvalue weighted by atomic mass is 9.94. The van der Waals surface area contributed by atoms with E-state index in [0.29, 0.717) is 32.2 Å². The van der Waals surface area contributed by atoms with E-state index < -0.39 is 12.1 Å². The fourth-order valence-electron chi connectivity index (χ4n) is 3.85. The first-order chi connectivity index (χ1) is 14.9. The number of amides is 4. The molecule has 0 spiro atoms. The maximum atomic E-state index is 12.6. The Morgan fingerprint density at radius 1 is 0.969 bits per heavy atom. The Labute approximate surface area is 195 Å². The lowest BCUT2D eigenvalue weighted by Crippen LogP contribution is -2.53. The van der Waals surface area contributed by atoms with E-state index >= 15 is 0 Å². The van der Waals surface area contributed by atoms with Crippen LogP contribution in [-0.4, -0.2) is 52.9 Å². The van der Waals surface area contributed by atoms with Crippen molar-refractivity contribution in [3.05, 3.63) is 0 Å². The van der Waals surface area contributed by atoms with Gasteiger partial charge in [-0.2, -0.15) is 0 Å². The number of unbranched alkanes of at least 4 members (excludes halogenated alkanes) is 2. The largest absolute Gasteiger partial charge is 0.345 e. The molecule has 8 heteroatoms. The monoisotopic (exact) mass is 455 g/mol. The SMILES string of the molecule is CC(C)C(=O)[C@H](C)NC(=O)[C@@H](NC(=O)CCCCCN1C(=O)CC(C(C)C)C1=O)C(C)C.[HH].[HH]. The molecule has 0 bridgehead atoms. The first kappa shape index (κ1) is 27.8. The van der Waals surface area contributed by atoms with Gasteiger partial charge in [0.1, 0.15) is 6.04 Å². The molecule has 2 N–H and O–H groups in total. The third-order valence-corrected chi connectivity index (χ3v) is 5.99. The highest BCUT2D eigenvalue weighted by Crippen LogP contribution is 2.26. The number of hydrogen-bond donors (Lipinski definition) is 2. The van der Waals surface area contributed by atoms with Crippen LogP contribution in [0, 0.1) is 23.7 Å². The van der Waals surface area contributed by atoms with Crippen LogP contribution in [0.25, 0.3) is 0 Å². The molecule has 1 rings (SSSR count). The minimum Gasteiger partial charge on any atom is -0.345 e. The van der Waals surface area contributed by atoms with E-state index in [1.807, 2.05) is 27.7 Å². The van der Waals surface area contributed by atoms with Crippen LogP contribution in [0.2, 0.25) is 0 Å². The summed E-state index contributed by atoms with van der Waals surface area (Å²) in [4.78, 5) is 62.7. The molecule has 8 nitrogen and oxygen atoms in total. The molecule has 32 heavy (non-hydrogen) atoms. The van der Waals surface area contributed by atoms with Gasteiger partial charge in [0.05, 0.1) is 6.04 Å². The average Bonchev–Trinajstić information content (AvgIpc) is 2.98. The van der Waals surface area contributed by atoms with Gasteiger partial charge >= 0.3 is 0 Å². The van der Waals surface area contributed by atoms with Gasteiger partial charge in [0.15, 0.2) is 5.78 Å². The Bertz CT molecular complexity index is 713. The second kappa shape index (κ2) is 12.7. The summed E-state index contributed by atoms with van der Waals surface area (Å²) < 4.78 is 0. The van der Waals surface area contributed by atoms with Crippen LogP contribution in [0.3, 0.4) is 0 Å². The minimum absolute atomic E-state index is 0. The van der Waals surface area contributed by atoms with Gasteiger partial charge in [-0.1, -0.05) is 48.0 Å². The van der Waals surface area contributed by atoms with E-state index in [1.165, 1.54) is 4.90 Å². The number of rotatable bonds is 13. The van der Waals surface area contributed by atoms with Gasteiger partial charge in [0, 0.05) is 34.1 Å². The Balaban J connectivity index is 0. The number of carbonyl (C=O) groups is 5. The van der Waals surface area contributed by atoms with Crippen LogP contribution in [-0.2, 0) is 24.0 Å². The fourth-order valence-corrected chi connectivity index (χ4v) is 3.85. The summed E-state index contributed by atoms with van der Waals surface area (Å²) in [5.41, 5.74) is 0. The van der Waals surface area contributed by atoms with Crippen molar-refractivity contribution in [3.8, 4) is 0 Å². The molecule has 0 aromatic heterocycles. The van der Waals surface area contributed by atoms with Crippen molar-refractivity contribution in [2.75, 3.05) is 6.54 Å². The molecule has 0 saturated carbocycles. The van der Waals surface area contributed by atoms with Gasteiger partial charge in [-0.15, -0.1) is 0 Å². The zero-order valence-corrected chi connectivity index (χ0v) is 20.7. The van der Waals surface area contributed by atoms with Crippen molar-refractivity contribution in [2.24, 2.45) is 23.7 Å². The molecule has 0 aromatic carbocycles. The van der Waals surface area contributed by atoms with E-state index in [4.69, 9.17) is 0 Å². The van der Waals surface area contributed by atoms with Crippen molar-refractivity contribution < 1.29 is 26.8 Å². The van der Waals surface area contributed by atoms with Gasteiger partial charge in [-0.05, 0) is 31.6 Å². The Morgan fingerprint density at radius 3 is 2.09 bits per heavy atom. The first-order valence-corrected chi connectivity index (χ1v) is 11.8. The summed E-state index contributed by atoms with van der Waals surface area (Å²) in [6.45, 7) is 13.2. The number of Topliss-reactive ketones (excluding diaryl/α,β-unsaturated/α-hetero) is 1.